The zero-order chi connectivity index (χ0) is 9.56. The van der Waals surface area contributed by atoms with Crippen molar-refractivity contribution in [1.29, 1.82) is 0 Å². The molecule has 1 unspecified atom stereocenters. The molecule has 0 saturated heterocycles. The highest BCUT2D eigenvalue weighted by atomic mass is 16.3. The standard InChI is InChI=1S/C9H19NO2/c1-4-8(3)10(7-11)6-9(12)5-2/h7-9,12H,4-6H2,1-3H3/t8-,9?/m1/s1. The third-order valence-corrected chi connectivity index (χ3v) is 2.19. The average Bonchev–Trinajstić information content (AvgIpc) is 2.12. The molecule has 2 atom stereocenters. The Morgan fingerprint density at radius 1 is 1.42 bits per heavy atom. The summed E-state index contributed by atoms with van der Waals surface area (Å²) >= 11 is 0. The molecule has 0 spiro atoms. The fourth-order valence-corrected chi connectivity index (χ4v) is 0.934. The van der Waals surface area contributed by atoms with Gasteiger partial charge in [-0.25, -0.2) is 0 Å². The number of hydrogen-bond donors (Lipinski definition) is 1. The summed E-state index contributed by atoms with van der Waals surface area (Å²) in [6.45, 7) is 6.37. The van der Waals surface area contributed by atoms with Gasteiger partial charge in [0, 0.05) is 12.6 Å². The van der Waals surface area contributed by atoms with Gasteiger partial charge in [0.05, 0.1) is 6.10 Å². The molecule has 0 aliphatic rings. The summed E-state index contributed by atoms with van der Waals surface area (Å²) in [5, 5.41) is 9.30. The van der Waals surface area contributed by atoms with Crippen LogP contribution < -0.4 is 0 Å². The molecular weight excluding hydrogens is 154 g/mol. The number of carbonyl (C=O) groups is 1. The first kappa shape index (κ1) is 11.4. The van der Waals surface area contributed by atoms with Gasteiger partial charge < -0.3 is 10.0 Å². The van der Waals surface area contributed by atoms with Crippen LogP contribution in [0, 0.1) is 0 Å². The lowest BCUT2D eigenvalue weighted by atomic mass is 10.2. The highest BCUT2D eigenvalue weighted by Gasteiger charge is 2.12. The second kappa shape index (κ2) is 6.00. The Morgan fingerprint density at radius 3 is 2.33 bits per heavy atom. The fourth-order valence-electron chi connectivity index (χ4n) is 0.934. The van der Waals surface area contributed by atoms with Crippen molar-refractivity contribution in [3.63, 3.8) is 0 Å². The molecule has 0 saturated carbocycles. The van der Waals surface area contributed by atoms with E-state index in [1.54, 1.807) is 4.90 Å². The van der Waals surface area contributed by atoms with E-state index in [2.05, 4.69) is 0 Å². The van der Waals surface area contributed by atoms with Crippen LogP contribution in [0.3, 0.4) is 0 Å². The molecule has 0 aliphatic heterocycles. The molecule has 0 aromatic heterocycles. The van der Waals surface area contributed by atoms with Crippen molar-refractivity contribution in [2.24, 2.45) is 0 Å². The molecule has 72 valence electrons. The van der Waals surface area contributed by atoms with E-state index in [1.807, 2.05) is 20.8 Å². The molecule has 0 fully saturated rings. The van der Waals surface area contributed by atoms with E-state index in [0.29, 0.717) is 13.0 Å². The van der Waals surface area contributed by atoms with Gasteiger partial charge in [0.1, 0.15) is 0 Å². The molecule has 0 aliphatic carbocycles. The second-order valence-electron chi connectivity index (χ2n) is 3.12. The first-order valence-corrected chi connectivity index (χ1v) is 4.54. The van der Waals surface area contributed by atoms with E-state index in [4.69, 9.17) is 0 Å². The summed E-state index contributed by atoms with van der Waals surface area (Å²) in [5.41, 5.74) is 0. The van der Waals surface area contributed by atoms with Crippen molar-refractivity contribution < 1.29 is 9.90 Å². The van der Waals surface area contributed by atoms with E-state index < -0.39 is 0 Å². The van der Waals surface area contributed by atoms with Crippen LogP contribution in [-0.4, -0.2) is 35.1 Å². The van der Waals surface area contributed by atoms with Gasteiger partial charge in [0.15, 0.2) is 0 Å². The summed E-state index contributed by atoms with van der Waals surface area (Å²) in [7, 11) is 0. The predicted molar refractivity (Wildman–Crippen MR) is 48.8 cm³/mol. The molecule has 1 amide bonds. The van der Waals surface area contributed by atoms with Crippen molar-refractivity contribution in [3.05, 3.63) is 0 Å². The van der Waals surface area contributed by atoms with Crippen molar-refractivity contribution in [3.8, 4) is 0 Å². The molecule has 0 aromatic rings. The quantitative estimate of drug-likeness (QED) is 0.609. The van der Waals surface area contributed by atoms with E-state index in [-0.39, 0.29) is 12.1 Å². The molecular formula is C9H19NO2. The van der Waals surface area contributed by atoms with E-state index in [0.717, 1.165) is 12.8 Å². The van der Waals surface area contributed by atoms with Gasteiger partial charge >= 0.3 is 0 Å². The topological polar surface area (TPSA) is 40.5 Å². The van der Waals surface area contributed by atoms with Gasteiger partial charge in [-0.2, -0.15) is 0 Å². The van der Waals surface area contributed by atoms with E-state index in [9.17, 15) is 9.90 Å². The Morgan fingerprint density at radius 2 is 2.00 bits per heavy atom. The monoisotopic (exact) mass is 173 g/mol. The minimum absolute atomic E-state index is 0.226. The zero-order valence-electron chi connectivity index (χ0n) is 8.16. The van der Waals surface area contributed by atoms with Crippen molar-refractivity contribution in [1.82, 2.24) is 4.90 Å². The number of aliphatic hydroxyl groups is 1. The maximum Gasteiger partial charge on any atom is 0.210 e. The largest absolute Gasteiger partial charge is 0.391 e. The predicted octanol–water partition coefficient (Wildman–Crippen LogP) is 1.01. The summed E-state index contributed by atoms with van der Waals surface area (Å²) in [6, 6.07) is 0.226. The Hall–Kier alpha value is -0.570. The van der Waals surface area contributed by atoms with E-state index >= 15 is 0 Å². The smallest absolute Gasteiger partial charge is 0.210 e. The number of amides is 1. The molecule has 0 radical (unpaired) electrons. The number of hydrogen-bond acceptors (Lipinski definition) is 2. The van der Waals surface area contributed by atoms with Gasteiger partial charge in [0.25, 0.3) is 0 Å². The van der Waals surface area contributed by atoms with Gasteiger partial charge in [-0.05, 0) is 19.8 Å². The van der Waals surface area contributed by atoms with Gasteiger partial charge in [-0.1, -0.05) is 13.8 Å². The molecule has 0 bridgehead atoms. The lowest BCUT2D eigenvalue weighted by molar-refractivity contribution is -0.121. The number of nitrogens with zero attached hydrogens (tertiary/aromatic N) is 1. The first-order chi connectivity index (χ1) is 5.65. The number of rotatable bonds is 6. The zero-order valence-corrected chi connectivity index (χ0v) is 8.16. The summed E-state index contributed by atoms with van der Waals surface area (Å²) in [5.74, 6) is 0. The SMILES string of the molecule is CCC(O)CN(C=O)[C@H](C)CC. The Balaban J connectivity index is 3.89. The lowest BCUT2D eigenvalue weighted by Gasteiger charge is -2.25. The third-order valence-electron chi connectivity index (χ3n) is 2.19. The highest BCUT2D eigenvalue weighted by molar-refractivity contribution is 5.47. The number of carbonyl (C=O) groups excluding carboxylic acids is 1. The van der Waals surface area contributed by atoms with Crippen LogP contribution in [0.25, 0.3) is 0 Å². The van der Waals surface area contributed by atoms with Crippen LogP contribution in [-0.2, 0) is 4.79 Å². The van der Waals surface area contributed by atoms with Crippen LogP contribution >= 0.6 is 0 Å². The van der Waals surface area contributed by atoms with Crippen LogP contribution in [0.15, 0.2) is 0 Å². The molecule has 1 N–H and O–H groups in total. The lowest BCUT2D eigenvalue weighted by Crippen LogP contribution is -2.37. The van der Waals surface area contributed by atoms with Gasteiger partial charge in [0.2, 0.25) is 6.41 Å². The molecule has 0 aromatic carbocycles. The van der Waals surface area contributed by atoms with Crippen LogP contribution in [0.4, 0.5) is 0 Å². The fraction of sp³-hybridized carbons (Fsp3) is 0.889. The minimum atomic E-state index is -0.385. The highest BCUT2D eigenvalue weighted by Crippen LogP contribution is 2.02. The second-order valence-corrected chi connectivity index (χ2v) is 3.12. The Kier molecular flexibility index (Phi) is 5.72. The average molecular weight is 173 g/mol. The normalized spacial score (nSPS) is 15.3. The maximum absolute atomic E-state index is 10.6. The Bertz CT molecular complexity index is 128. The van der Waals surface area contributed by atoms with Crippen molar-refractivity contribution in [2.75, 3.05) is 6.54 Å². The first-order valence-electron chi connectivity index (χ1n) is 4.54. The third kappa shape index (κ3) is 3.72. The van der Waals surface area contributed by atoms with Gasteiger partial charge in [-0.3, -0.25) is 4.79 Å². The van der Waals surface area contributed by atoms with Crippen molar-refractivity contribution in [2.45, 2.75) is 45.8 Å². The summed E-state index contributed by atoms with van der Waals surface area (Å²) < 4.78 is 0. The summed E-state index contributed by atoms with van der Waals surface area (Å²) in [6.07, 6.45) is 2.05. The van der Waals surface area contributed by atoms with Gasteiger partial charge in [-0.15, -0.1) is 0 Å². The molecule has 0 heterocycles. The van der Waals surface area contributed by atoms with Crippen LogP contribution in [0.2, 0.25) is 0 Å². The molecule has 3 heteroatoms. The summed E-state index contributed by atoms with van der Waals surface area (Å²) in [4.78, 5) is 12.2. The van der Waals surface area contributed by atoms with Crippen molar-refractivity contribution >= 4 is 6.41 Å². The maximum atomic E-state index is 10.6. The molecule has 3 nitrogen and oxygen atoms in total. The van der Waals surface area contributed by atoms with E-state index in [1.165, 1.54) is 0 Å². The molecule has 0 rings (SSSR count). The van der Waals surface area contributed by atoms with Crippen LogP contribution in [0.5, 0.6) is 0 Å². The Labute approximate surface area is 74.4 Å². The molecule has 12 heavy (non-hydrogen) atoms. The van der Waals surface area contributed by atoms with Crippen LogP contribution in [0.1, 0.15) is 33.6 Å². The number of aliphatic hydroxyl groups excluding tert-OH is 1. The minimum Gasteiger partial charge on any atom is -0.391 e.